The molecule has 3 heteroatoms. The molecule has 0 aliphatic carbocycles. The molecule has 3 aromatic rings. The fourth-order valence-electron chi connectivity index (χ4n) is 2.56. The van der Waals surface area contributed by atoms with E-state index < -0.39 is 0 Å². The van der Waals surface area contributed by atoms with E-state index in [1.165, 1.54) is 11.1 Å². The third-order valence-electron chi connectivity index (χ3n) is 3.84. The Bertz CT molecular complexity index is 761. The molecular weight excluding hydrogens is 258 g/mol. The number of nitrogens with zero attached hydrogens (tertiary/aromatic N) is 2. The van der Waals surface area contributed by atoms with Gasteiger partial charge in [-0.05, 0) is 28.7 Å². The van der Waals surface area contributed by atoms with Crippen LogP contribution in [0.1, 0.15) is 31.9 Å². The van der Waals surface area contributed by atoms with Gasteiger partial charge in [-0.2, -0.15) is 5.10 Å². The van der Waals surface area contributed by atoms with Crippen molar-refractivity contribution < 1.29 is 0 Å². The van der Waals surface area contributed by atoms with Gasteiger partial charge in [0, 0.05) is 5.39 Å². The number of rotatable bonds is 2. The van der Waals surface area contributed by atoms with E-state index >= 15 is 0 Å². The molecule has 0 saturated carbocycles. The quantitative estimate of drug-likeness (QED) is 0.771. The van der Waals surface area contributed by atoms with Gasteiger partial charge in [-0.1, -0.05) is 57.2 Å². The molecule has 3 rings (SSSR count). The predicted octanol–water partition coefficient (Wildman–Crippen LogP) is 3.96. The lowest BCUT2D eigenvalue weighted by atomic mass is 9.87. The number of hydrogen-bond acceptors (Lipinski definition) is 2. The number of anilines is 1. The Hall–Kier alpha value is -2.29. The van der Waals surface area contributed by atoms with Crippen molar-refractivity contribution in [3.63, 3.8) is 0 Å². The van der Waals surface area contributed by atoms with Crippen molar-refractivity contribution >= 4 is 16.7 Å². The first-order valence-electron chi connectivity index (χ1n) is 7.25. The van der Waals surface area contributed by atoms with Gasteiger partial charge in [0.25, 0.3) is 0 Å². The first kappa shape index (κ1) is 13.7. The van der Waals surface area contributed by atoms with Crippen molar-refractivity contribution in [2.24, 2.45) is 0 Å². The molecule has 0 radical (unpaired) electrons. The minimum atomic E-state index is 0.182. The minimum absolute atomic E-state index is 0.182. The smallest absolute Gasteiger partial charge is 0.153 e. The number of hydrogen-bond donors (Lipinski definition) is 1. The summed E-state index contributed by atoms with van der Waals surface area (Å²) >= 11 is 0. The van der Waals surface area contributed by atoms with Gasteiger partial charge in [0.2, 0.25) is 0 Å². The van der Waals surface area contributed by atoms with Gasteiger partial charge in [0.05, 0.1) is 12.1 Å². The van der Waals surface area contributed by atoms with Crippen molar-refractivity contribution in [3.05, 3.63) is 59.7 Å². The topological polar surface area (TPSA) is 43.8 Å². The molecule has 21 heavy (non-hydrogen) atoms. The summed E-state index contributed by atoms with van der Waals surface area (Å²) < 4.78 is 1.97. The maximum Gasteiger partial charge on any atom is 0.153 e. The molecule has 0 spiro atoms. The van der Waals surface area contributed by atoms with Crippen molar-refractivity contribution in [1.82, 2.24) is 9.78 Å². The lowest BCUT2D eigenvalue weighted by Gasteiger charge is -2.19. The molecule has 1 heterocycles. The average molecular weight is 279 g/mol. The lowest BCUT2D eigenvalue weighted by molar-refractivity contribution is 0.589. The molecule has 108 valence electrons. The SMILES string of the molecule is CC(C)(C)c1ccc(Cn2nc(N)c3ccccc32)cc1. The Balaban J connectivity index is 1.92. The summed E-state index contributed by atoms with van der Waals surface area (Å²) in [6, 6.07) is 16.8. The van der Waals surface area contributed by atoms with E-state index in [1.54, 1.807) is 0 Å². The van der Waals surface area contributed by atoms with Gasteiger partial charge in [-0.3, -0.25) is 4.68 Å². The van der Waals surface area contributed by atoms with Gasteiger partial charge < -0.3 is 5.73 Å². The van der Waals surface area contributed by atoms with E-state index in [0.29, 0.717) is 5.82 Å². The highest BCUT2D eigenvalue weighted by atomic mass is 15.3. The molecule has 2 N–H and O–H groups in total. The van der Waals surface area contributed by atoms with Gasteiger partial charge in [0.1, 0.15) is 0 Å². The molecule has 3 nitrogen and oxygen atoms in total. The fourth-order valence-corrected chi connectivity index (χ4v) is 2.56. The summed E-state index contributed by atoms with van der Waals surface area (Å²) in [4.78, 5) is 0. The summed E-state index contributed by atoms with van der Waals surface area (Å²) in [7, 11) is 0. The number of nitrogens with two attached hydrogens (primary N) is 1. The van der Waals surface area contributed by atoms with Crippen LogP contribution in [0.2, 0.25) is 0 Å². The van der Waals surface area contributed by atoms with E-state index in [0.717, 1.165) is 17.4 Å². The maximum absolute atomic E-state index is 5.98. The Labute approximate surface area is 125 Å². The van der Waals surface area contributed by atoms with E-state index in [2.05, 4.69) is 56.2 Å². The number of aromatic nitrogens is 2. The van der Waals surface area contributed by atoms with E-state index in [1.807, 2.05) is 22.9 Å². The van der Waals surface area contributed by atoms with Crippen LogP contribution in [0.4, 0.5) is 5.82 Å². The van der Waals surface area contributed by atoms with Gasteiger partial charge in [0.15, 0.2) is 5.82 Å². The first-order chi connectivity index (χ1) is 9.95. The van der Waals surface area contributed by atoms with Crippen LogP contribution < -0.4 is 5.73 Å². The Kier molecular flexibility index (Phi) is 3.20. The van der Waals surface area contributed by atoms with Crippen molar-refractivity contribution in [2.45, 2.75) is 32.7 Å². The Morgan fingerprint density at radius 2 is 1.67 bits per heavy atom. The highest BCUT2D eigenvalue weighted by Gasteiger charge is 2.13. The van der Waals surface area contributed by atoms with E-state index in [-0.39, 0.29) is 5.41 Å². The van der Waals surface area contributed by atoms with Crippen LogP contribution in [0.15, 0.2) is 48.5 Å². The van der Waals surface area contributed by atoms with E-state index in [4.69, 9.17) is 5.73 Å². The molecule has 0 amide bonds. The van der Waals surface area contributed by atoms with Crippen LogP contribution in [-0.2, 0) is 12.0 Å². The summed E-state index contributed by atoms with van der Waals surface area (Å²) in [6.45, 7) is 7.42. The van der Waals surface area contributed by atoms with Crippen LogP contribution in [0.3, 0.4) is 0 Å². The van der Waals surface area contributed by atoms with Crippen LogP contribution in [-0.4, -0.2) is 9.78 Å². The zero-order valence-electron chi connectivity index (χ0n) is 12.8. The minimum Gasteiger partial charge on any atom is -0.382 e. The molecule has 0 fully saturated rings. The van der Waals surface area contributed by atoms with Crippen molar-refractivity contribution in [2.75, 3.05) is 5.73 Å². The van der Waals surface area contributed by atoms with E-state index in [9.17, 15) is 0 Å². The van der Waals surface area contributed by atoms with Crippen LogP contribution in [0.5, 0.6) is 0 Å². The molecular formula is C18H21N3. The monoisotopic (exact) mass is 279 g/mol. The van der Waals surface area contributed by atoms with Crippen LogP contribution in [0, 0.1) is 0 Å². The first-order valence-corrected chi connectivity index (χ1v) is 7.25. The summed E-state index contributed by atoms with van der Waals surface area (Å²) in [5, 5.41) is 5.47. The second kappa shape index (κ2) is 4.92. The summed E-state index contributed by atoms with van der Waals surface area (Å²) in [5.74, 6) is 0.594. The zero-order valence-corrected chi connectivity index (χ0v) is 12.8. The number of fused-ring (bicyclic) bond motifs is 1. The highest BCUT2D eigenvalue weighted by molar-refractivity contribution is 5.89. The molecule has 2 aromatic carbocycles. The van der Waals surface area contributed by atoms with Gasteiger partial charge in [-0.25, -0.2) is 0 Å². The van der Waals surface area contributed by atoms with Gasteiger partial charge >= 0.3 is 0 Å². The third-order valence-corrected chi connectivity index (χ3v) is 3.84. The molecule has 0 bridgehead atoms. The Morgan fingerprint density at radius 1 is 1.00 bits per heavy atom. The van der Waals surface area contributed by atoms with Crippen molar-refractivity contribution in [3.8, 4) is 0 Å². The standard InChI is InChI=1S/C18H21N3/c1-18(2,3)14-10-8-13(9-11-14)12-21-16-7-5-4-6-15(16)17(19)20-21/h4-11H,12H2,1-3H3,(H2,19,20). The third kappa shape index (κ3) is 2.64. The summed E-state index contributed by atoms with van der Waals surface area (Å²) in [5.41, 5.74) is 9.82. The van der Waals surface area contributed by atoms with Gasteiger partial charge in [-0.15, -0.1) is 0 Å². The highest BCUT2D eigenvalue weighted by Crippen LogP contribution is 2.24. The largest absolute Gasteiger partial charge is 0.382 e. The average Bonchev–Trinajstić information content (AvgIpc) is 2.76. The molecule has 0 unspecified atom stereocenters. The molecule has 0 saturated heterocycles. The number of nitrogen functional groups attached to an aromatic ring is 1. The van der Waals surface area contributed by atoms with Crippen LogP contribution >= 0.6 is 0 Å². The predicted molar refractivity (Wildman–Crippen MR) is 88.4 cm³/mol. The number of benzene rings is 2. The lowest BCUT2D eigenvalue weighted by Crippen LogP contribution is -2.11. The molecule has 0 aliphatic heterocycles. The number of para-hydroxylation sites is 1. The molecule has 0 atom stereocenters. The normalized spacial score (nSPS) is 12.0. The molecule has 1 aromatic heterocycles. The summed E-state index contributed by atoms with van der Waals surface area (Å²) in [6.07, 6.45) is 0. The second-order valence-corrected chi connectivity index (χ2v) is 6.51. The maximum atomic E-state index is 5.98. The second-order valence-electron chi connectivity index (χ2n) is 6.51. The Morgan fingerprint density at radius 3 is 2.33 bits per heavy atom. The van der Waals surface area contributed by atoms with Crippen molar-refractivity contribution in [1.29, 1.82) is 0 Å². The van der Waals surface area contributed by atoms with Crippen LogP contribution in [0.25, 0.3) is 10.9 Å². The fraction of sp³-hybridized carbons (Fsp3) is 0.278. The zero-order chi connectivity index (χ0) is 15.0. The molecule has 0 aliphatic rings.